The zero-order valence-corrected chi connectivity index (χ0v) is 13.7. The van der Waals surface area contributed by atoms with Crippen LogP contribution < -0.4 is 3.78 Å². The van der Waals surface area contributed by atoms with E-state index in [0.717, 1.165) is 9.54 Å². The van der Waals surface area contributed by atoms with E-state index in [-0.39, 0.29) is 6.29 Å². The molecular formula is C12H22O3Sn. The predicted octanol–water partition coefficient (Wildman–Crippen LogP) is 2.90. The van der Waals surface area contributed by atoms with Crippen molar-refractivity contribution in [3.8, 4) is 0 Å². The van der Waals surface area contributed by atoms with Crippen molar-refractivity contribution in [1.82, 2.24) is 0 Å². The number of rotatable bonds is 6. The van der Waals surface area contributed by atoms with Gasteiger partial charge in [-0.15, -0.1) is 0 Å². The fourth-order valence-electron chi connectivity index (χ4n) is 1.40. The van der Waals surface area contributed by atoms with E-state index in [2.05, 4.69) is 20.9 Å². The molecule has 4 heteroatoms. The quantitative estimate of drug-likeness (QED) is 0.593. The molecule has 0 aromatic carbocycles. The number of hydrogen-bond acceptors (Lipinski definition) is 3. The molecule has 92 valence electrons. The Labute approximate surface area is 102 Å². The van der Waals surface area contributed by atoms with Crippen LogP contribution in [0.2, 0.25) is 14.8 Å². The molecule has 0 radical (unpaired) electrons. The summed E-state index contributed by atoms with van der Waals surface area (Å²) in [7, 11) is 0. The second kappa shape index (κ2) is 6.07. The molecule has 0 atom stereocenters. The van der Waals surface area contributed by atoms with Crippen LogP contribution in [0.4, 0.5) is 0 Å². The van der Waals surface area contributed by atoms with Crippen molar-refractivity contribution in [3.63, 3.8) is 0 Å². The Kier molecular flexibility index (Phi) is 5.34. The summed E-state index contributed by atoms with van der Waals surface area (Å²) in [6.45, 7) is 5.16. The van der Waals surface area contributed by atoms with E-state index in [4.69, 9.17) is 13.9 Å². The maximum absolute atomic E-state index is 5.86. The molecule has 1 heterocycles. The number of ether oxygens (including phenoxy) is 2. The van der Waals surface area contributed by atoms with E-state index >= 15 is 0 Å². The van der Waals surface area contributed by atoms with Crippen molar-refractivity contribution in [2.75, 3.05) is 13.2 Å². The summed E-state index contributed by atoms with van der Waals surface area (Å²) in [4.78, 5) is 6.98. The summed E-state index contributed by atoms with van der Waals surface area (Å²) in [6.07, 6.45) is -0.350. The topological polar surface area (TPSA) is 31.6 Å². The number of furan rings is 1. The van der Waals surface area contributed by atoms with E-state index in [0.29, 0.717) is 13.2 Å². The summed E-state index contributed by atoms with van der Waals surface area (Å²) in [6, 6.07) is 4.06. The normalized spacial score (nSPS) is 12.4. The van der Waals surface area contributed by atoms with Crippen molar-refractivity contribution < 1.29 is 13.9 Å². The van der Waals surface area contributed by atoms with Crippen LogP contribution >= 0.6 is 0 Å². The summed E-state index contributed by atoms with van der Waals surface area (Å²) < 4.78 is 18.0. The van der Waals surface area contributed by atoms with Crippen LogP contribution in [0.1, 0.15) is 25.9 Å². The predicted molar refractivity (Wildman–Crippen MR) is 67.7 cm³/mol. The van der Waals surface area contributed by atoms with Crippen molar-refractivity contribution in [2.24, 2.45) is 0 Å². The molecule has 0 unspecified atom stereocenters. The molecule has 0 saturated heterocycles. The molecule has 3 nitrogen and oxygen atoms in total. The standard InChI is InChI=1S/C9H13O3.3CH3.Sn/c1-3-10-9(11-4-2)8-6-5-7-12-8;;;;/h5-6,9H,3-4H2,1-2H3;3*1H3;. The van der Waals surface area contributed by atoms with Crippen LogP contribution in [0, 0.1) is 0 Å². The van der Waals surface area contributed by atoms with E-state index in [1.54, 1.807) is 0 Å². The maximum atomic E-state index is 5.86. The molecule has 1 rings (SSSR count). The molecule has 0 bridgehead atoms. The van der Waals surface area contributed by atoms with E-state index < -0.39 is 18.4 Å². The second-order valence-electron chi connectivity index (χ2n) is 4.69. The van der Waals surface area contributed by atoms with Crippen molar-refractivity contribution in [2.45, 2.75) is 35.0 Å². The Hall–Kier alpha value is -0.00130. The van der Waals surface area contributed by atoms with Crippen molar-refractivity contribution in [1.29, 1.82) is 0 Å². The Morgan fingerprint density at radius 2 is 1.69 bits per heavy atom. The first-order valence-electron chi connectivity index (χ1n) is 5.82. The molecule has 0 aliphatic carbocycles. The van der Waals surface area contributed by atoms with Gasteiger partial charge in [-0.25, -0.2) is 0 Å². The zero-order valence-electron chi connectivity index (χ0n) is 10.9. The molecular weight excluding hydrogens is 311 g/mol. The van der Waals surface area contributed by atoms with Gasteiger partial charge >= 0.3 is 102 Å². The molecule has 0 saturated carbocycles. The van der Waals surface area contributed by atoms with Crippen molar-refractivity contribution >= 4 is 22.2 Å². The van der Waals surface area contributed by atoms with E-state index in [1.165, 1.54) is 0 Å². The van der Waals surface area contributed by atoms with Crippen molar-refractivity contribution in [3.05, 3.63) is 17.9 Å². The van der Waals surface area contributed by atoms with Crippen LogP contribution in [-0.4, -0.2) is 31.6 Å². The third-order valence-electron chi connectivity index (χ3n) is 2.23. The van der Waals surface area contributed by atoms with Gasteiger partial charge in [0.05, 0.1) is 0 Å². The fraction of sp³-hybridized carbons (Fsp3) is 0.667. The summed E-state index contributed by atoms with van der Waals surface area (Å²) in [5.41, 5.74) is 0. The Morgan fingerprint density at radius 3 is 2.06 bits per heavy atom. The first-order valence-corrected chi connectivity index (χ1v) is 15.8. The van der Waals surface area contributed by atoms with Gasteiger partial charge in [-0.3, -0.25) is 0 Å². The summed E-state index contributed by atoms with van der Waals surface area (Å²) in [5, 5.41) is 0. The molecule has 0 aliphatic rings. The summed E-state index contributed by atoms with van der Waals surface area (Å²) in [5.74, 6) is 0.797. The second-order valence-corrected chi connectivity index (χ2v) is 18.9. The van der Waals surface area contributed by atoms with Crippen LogP contribution in [0.3, 0.4) is 0 Å². The Morgan fingerprint density at radius 1 is 1.12 bits per heavy atom. The van der Waals surface area contributed by atoms with Gasteiger partial charge in [0.15, 0.2) is 0 Å². The fourth-order valence-corrected chi connectivity index (χ4v) is 4.27. The molecule has 0 fully saturated rings. The first-order chi connectivity index (χ1) is 7.49. The SMILES string of the molecule is CCOC(OCC)c1cc[c]([Sn]([CH3])([CH3])[CH3])o1. The molecule has 0 spiro atoms. The number of hydrogen-bond donors (Lipinski definition) is 0. The molecule has 1 aromatic heterocycles. The molecule has 1 aromatic rings. The third kappa shape index (κ3) is 3.78. The molecule has 0 aliphatic heterocycles. The molecule has 16 heavy (non-hydrogen) atoms. The minimum atomic E-state index is -2.10. The average Bonchev–Trinajstić information content (AvgIpc) is 2.65. The van der Waals surface area contributed by atoms with Gasteiger partial charge in [0.25, 0.3) is 0 Å². The average molecular weight is 333 g/mol. The van der Waals surface area contributed by atoms with Gasteiger partial charge in [-0.05, 0) is 0 Å². The van der Waals surface area contributed by atoms with Gasteiger partial charge in [-0.2, -0.15) is 0 Å². The zero-order chi connectivity index (χ0) is 12.2. The van der Waals surface area contributed by atoms with Gasteiger partial charge < -0.3 is 0 Å². The van der Waals surface area contributed by atoms with Crippen LogP contribution in [0.15, 0.2) is 16.5 Å². The van der Waals surface area contributed by atoms with Crippen LogP contribution in [-0.2, 0) is 9.47 Å². The van der Waals surface area contributed by atoms with Crippen LogP contribution in [0.25, 0.3) is 0 Å². The summed E-state index contributed by atoms with van der Waals surface area (Å²) >= 11 is -2.10. The van der Waals surface area contributed by atoms with Gasteiger partial charge in [-0.1, -0.05) is 0 Å². The van der Waals surface area contributed by atoms with E-state index in [1.807, 2.05) is 19.9 Å². The molecule has 0 amide bonds. The van der Waals surface area contributed by atoms with Gasteiger partial charge in [0.2, 0.25) is 0 Å². The van der Waals surface area contributed by atoms with E-state index in [9.17, 15) is 0 Å². The first kappa shape index (κ1) is 14.1. The third-order valence-corrected chi connectivity index (χ3v) is 7.22. The molecule has 0 N–H and O–H groups in total. The van der Waals surface area contributed by atoms with Gasteiger partial charge in [0, 0.05) is 0 Å². The van der Waals surface area contributed by atoms with Gasteiger partial charge in [0.1, 0.15) is 0 Å². The Balaban J connectivity index is 2.81. The Bertz CT molecular complexity index is 308. The van der Waals surface area contributed by atoms with Crippen LogP contribution in [0.5, 0.6) is 0 Å². The minimum absolute atomic E-state index is 0.350. The monoisotopic (exact) mass is 334 g/mol.